The van der Waals surface area contributed by atoms with Crippen LogP contribution in [0.5, 0.6) is 0 Å². The average molecular weight is 317 g/mol. The van der Waals surface area contributed by atoms with Crippen LogP contribution >= 0.6 is 0 Å². The van der Waals surface area contributed by atoms with Crippen molar-refractivity contribution in [2.24, 2.45) is 0 Å². The van der Waals surface area contributed by atoms with Crippen LogP contribution in [-0.2, 0) is 22.7 Å². The highest BCUT2D eigenvalue weighted by Crippen LogP contribution is 2.16. The number of aromatic nitrogens is 2. The molecule has 0 saturated heterocycles. The molecule has 122 valence electrons. The number of aliphatic carboxylic acids is 1. The van der Waals surface area contributed by atoms with Crippen molar-refractivity contribution >= 4 is 12.1 Å². The van der Waals surface area contributed by atoms with E-state index in [-0.39, 0.29) is 13.0 Å². The molecule has 0 fully saturated rings. The molecule has 0 unspecified atom stereocenters. The standard InChI is InChI=1S/C16H19N3O4/c1-2-19-9-8-17-15(19)13(10-14(20)21)18-16(22)23-11-12-6-4-3-5-7-12/h3-9,13H,2,10-11H2,1H3,(H,18,22)(H,20,21)/t13-/m1/s1. The van der Waals surface area contributed by atoms with Crippen molar-refractivity contribution in [3.05, 3.63) is 54.1 Å². The lowest BCUT2D eigenvalue weighted by Crippen LogP contribution is -2.32. The molecule has 0 aliphatic rings. The van der Waals surface area contributed by atoms with Gasteiger partial charge in [0, 0.05) is 18.9 Å². The lowest BCUT2D eigenvalue weighted by Gasteiger charge is -2.17. The Morgan fingerprint density at radius 3 is 2.74 bits per heavy atom. The molecule has 7 nitrogen and oxygen atoms in total. The van der Waals surface area contributed by atoms with Gasteiger partial charge in [-0.25, -0.2) is 9.78 Å². The number of rotatable bonds is 7. The molecule has 0 spiro atoms. The molecule has 2 rings (SSSR count). The van der Waals surface area contributed by atoms with Gasteiger partial charge in [0.05, 0.1) is 6.42 Å². The van der Waals surface area contributed by atoms with Gasteiger partial charge in [-0.15, -0.1) is 0 Å². The van der Waals surface area contributed by atoms with E-state index >= 15 is 0 Å². The summed E-state index contributed by atoms with van der Waals surface area (Å²) in [6.45, 7) is 2.66. The maximum Gasteiger partial charge on any atom is 0.408 e. The van der Waals surface area contributed by atoms with Gasteiger partial charge in [-0.2, -0.15) is 0 Å². The Kier molecular flexibility index (Phi) is 5.74. The highest BCUT2D eigenvalue weighted by Gasteiger charge is 2.22. The predicted octanol–water partition coefficient (Wildman–Crippen LogP) is 2.35. The lowest BCUT2D eigenvalue weighted by atomic mass is 10.2. The van der Waals surface area contributed by atoms with Gasteiger partial charge in [0.15, 0.2) is 0 Å². The zero-order chi connectivity index (χ0) is 16.7. The van der Waals surface area contributed by atoms with Crippen LogP contribution in [0.1, 0.15) is 30.8 Å². The number of nitrogens with zero attached hydrogens (tertiary/aromatic N) is 2. The fraction of sp³-hybridized carbons (Fsp3) is 0.312. The SMILES string of the molecule is CCn1ccnc1[C@@H](CC(=O)O)NC(=O)OCc1ccccc1. The number of imidazole rings is 1. The van der Waals surface area contributed by atoms with Gasteiger partial charge in [-0.1, -0.05) is 30.3 Å². The Hall–Kier alpha value is -2.83. The number of hydrogen-bond acceptors (Lipinski definition) is 4. The number of carbonyl (C=O) groups is 2. The minimum atomic E-state index is -1.02. The number of carboxylic acid groups (broad SMARTS) is 1. The molecular weight excluding hydrogens is 298 g/mol. The Balaban J connectivity index is 2.00. The molecule has 0 aliphatic carbocycles. The van der Waals surface area contributed by atoms with E-state index in [2.05, 4.69) is 10.3 Å². The van der Waals surface area contributed by atoms with Gasteiger partial charge in [0.2, 0.25) is 0 Å². The van der Waals surface area contributed by atoms with Crippen LogP contribution in [0.2, 0.25) is 0 Å². The van der Waals surface area contributed by atoms with Crippen LogP contribution in [0, 0.1) is 0 Å². The van der Waals surface area contributed by atoms with Crippen molar-refractivity contribution in [2.45, 2.75) is 32.5 Å². The summed E-state index contributed by atoms with van der Waals surface area (Å²) >= 11 is 0. The van der Waals surface area contributed by atoms with E-state index in [0.29, 0.717) is 12.4 Å². The quantitative estimate of drug-likeness (QED) is 0.817. The zero-order valence-corrected chi connectivity index (χ0v) is 12.8. The van der Waals surface area contributed by atoms with Gasteiger partial charge in [0.25, 0.3) is 0 Å². The highest BCUT2D eigenvalue weighted by molar-refractivity contribution is 5.71. The van der Waals surface area contributed by atoms with Crippen LogP contribution in [-0.4, -0.2) is 26.7 Å². The van der Waals surface area contributed by atoms with Gasteiger partial charge in [0.1, 0.15) is 18.5 Å². The first-order valence-electron chi connectivity index (χ1n) is 7.30. The Morgan fingerprint density at radius 2 is 2.09 bits per heavy atom. The van der Waals surface area contributed by atoms with Crippen molar-refractivity contribution in [1.82, 2.24) is 14.9 Å². The third kappa shape index (κ3) is 4.84. The molecule has 1 aromatic carbocycles. The Labute approximate surface area is 133 Å². The summed E-state index contributed by atoms with van der Waals surface area (Å²) in [5, 5.41) is 11.6. The van der Waals surface area contributed by atoms with Crippen molar-refractivity contribution in [1.29, 1.82) is 0 Å². The number of ether oxygens (including phenoxy) is 1. The van der Waals surface area contributed by atoms with E-state index in [9.17, 15) is 9.59 Å². The maximum absolute atomic E-state index is 11.9. The first-order chi connectivity index (χ1) is 11.1. The number of benzene rings is 1. The third-order valence-electron chi connectivity index (χ3n) is 3.28. The second-order valence-corrected chi connectivity index (χ2v) is 4.93. The van der Waals surface area contributed by atoms with Crippen LogP contribution in [0.25, 0.3) is 0 Å². The van der Waals surface area contributed by atoms with E-state index < -0.39 is 18.1 Å². The lowest BCUT2D eigenvalue weighted by molar-refractivity contribution is -0.137. The first kappa shape index (κ1) is 16.5. The molecule has 23 heavy (non-hydrogen) atoms. The summed E-state index contributed by atoms with van der Waals surface area (Å²) in [5.74, 6) is -0.532. The van der Waals surface area contributed by atoms with E-state index in [1.807, 2.05) is 37.3 Å². The topological polar surface area (TPSA) is 93.5 Å². The Bertz CT molecular complexity index is 654. The van der Waals surface area contributed by atoms with E-state index in [0.717, 1.165) is 5.56 Å². The minimum Gasteiger partial charge on any atom is -0.481 e. The number of carboxylic acids is 1. The van der Waals surface area contributed by atoms with Crippen LogP contribution < -0.4 is 5.32 Å². The molecule has 1 atom stereocenters. The van der Waals surface area contributed by atoms with Crippen LogP contribution in [0.4, 0.5) is 4.79 Å². The molecule has 2 N–H and O–H groups in total. The van der Waals surface area contributed by atoms with Gasteiger partial charge >= 0.3 is 12.1 Å². The van der Waals surface area contributed by atoms with Gasteiger partial charge in [-0.3, -0.25) is 4.79 Å². The highest BCUT2D eigenvalue weighted by atomic mass is 16.5. The fourth-order valence-corrected chi connectivity index (χ4v) is 2.19. The summed E-state index contributed by atoms with van der Waals surface area (Å²) in [5.41, 5.74) is 0.854. The number of carbonyl (C=O) groups excluding carboxylic acids is 1. The third-order valence-corrected chi connectivity index (χ3v) is 3.28. The molecular formula is C16H19N3O4. The molecule has 1 heterocycles. The molecule has 0 aliphatic heterocycles. The second-order valence-electron chi connectivity index (χ2n) is 4.93. The van der Waals surface area contributed by atoms with Crippen molar-refractivity contribution < 1.29 is 19.4 Å². The van der Waals surface area contributed by atoms with Crippen molar-refractivity contribution in [3.63, 3.8) is 0 Å². The summed E-state index contributed by atoms with van der Waals surface area (Å²) in [6.07, 6.45) is 2.37. The second kappa shape index (κ2) is 7.98. The first-order valence-corrected chi connectivity index (χ1v) is 7.30. The van der Waals surface area contributed by atoms with E-state index in [1.54, 1.807) is 17.0 Å². The Morgan fingerprint density at radius 1 is 1.35 bits per heavy atom. The van der Waals surface area contributed by atoms with Crippen molar-refractivity contribution in [3.8, 4) is 0 Å². The molecule has 1 aromatic heterocycles. The zero-order valence-electron chi connectivity index (χ0n) is 12.8. The minimum absolute atomic E-state index is 0.120. The summed E-state index contributed by atoms with van der Waals surface area (Å²) < 4.78 is 6.91. The monoisotopic (exact) mass is 317 g/mol. The molecule has 7 heteroatoms. The number of hydrogen-bond donors (Lipinski definition) is 2. The number of amides is 1. The summed E-state index contributed by atoms with van der Waals surface area (Å²) in [7, 11) is 0. The molecule has 0 radical (unpaired) electrons. The maximum atomic E-state index is 11.9. The summed E-state index contributed by atoms with van der Waals surface area (Å²) in [6, 6.07) is 8.50. The van der Waals surface area contributed by atoms with Crippen molar-refractivity contribution in [2.75, 3.05) is 0 Å². The van der Waals surface area contributed by atoms with E-state index in [1.165, 1.54) is 0 Å². The number of alkyl carbamates (subject to hydrolysis) is 1. The fourth-order valence-electron chi connectivity index (χ4n) is 2.19. The smallest absolute Gasteiger partial charge is 0.408 e. The summed E-state index contributed by atoms with van der Waals surface area (Å²) in [4.78, 5) is 27.1. The molecule has 0 saturated carbocycles. The molecule has 1 amide bonds. The normalized spacial score (nSPS) is 11.7. The molecule has 2 aromatic rings. The predicted molar refractivity (Wildman–Crippen MR) is 82.7 cm³/mol. The van der Waals surface area contributed by atoms with E-state index in [4.69, 9.17) is 9.84 Å². The largest absolute Gasteiger partial charge is 0.481 e. The number of aryl methyl sites for hydroxylation is 1. The average Bonchev–Trinajstić information content (AvgIpc) is 3.01. The van der Waals surface area contributed by atoms with Crippen LogP contribution in [0.3, 0.4) is 0 Å². The van der Waals surface area contributed by atoms with Gasteiger partial charge < -0.3 is 19.7 Å². The van der Waals surface area contributed by atoms with Gasteiger partial charge in [-0.05, 0) is 12.5 Å². The van der Waals surface area contributed by atoms with Crippen LogP contribution in [0.15, 0.2) is 42.7 Å². The molecule has 0 bridgehead atoms. The number of nitrogens with one attached hydrogen (secondary N) is 1.